The van der Waals surface area contributed by atoms with Gasteiger partial charge in [-0.05, 0) is 47.7 Å². The Morgan fingerprint density at radius 3 is 2.57 bits per heavy atom. The lowest BCUT2D eigenvalue weighted by Gasteiger charge is -2.10. The Labute approximate surface area is 169 Å². The van der Waals surface area contributed by atoms with E-state index in [1.165, 1.54) is 23.0 Å². The van der Waals surface area contributed by atoms with E-state index < -0.39 is 15.8 Å². The lowest BCUT2D eigenvalue weighted by atomic mass is 9.99. The average Bonchev–Trinajstić information content (AvgIpc) is 3.09. The van der Waals surface area contributed by atoms with Crippen LogP contribution in [-0.4, -0.2) is 18.2 Å². The molecule has 0 amide bonds. The Morgan fingerprint density at radius 1 is 1.21 bits per heavy atom. The van der Waals surface area contributed by atoms with Gasteiger partial charge >= 0.3 is 0 Å². The van der Waals surface area contributed by atoms with E-state index in [4.69, 9.17) is 11.6 Å². The molecule has 0 saturated heterocycles. The number of benzene rings is 2. The first-order valence-corrected chi connectivity index (χ1v) is 10.7. The van der Waals surface area contributed by atoms with Crippen molar-refractivity contribution in [2.45, 2.75) is 37.6 Å². The average molecular weight is 422 g/mol. The monoisotopic (exact) mass is 421 g/mol. The predicted octanol–water partition coefficient (Wildman–Crippen LogP) is 5.04. The molecule has 0 fully saturated rings. The quantitative estimate of drug-likeness (QED) is 0.581. The molecule has 1 atom stereocenters. The van der Waals surface area contributed by atoms with E-state index in [1.807, 2.05) is 12.1 Å². The summed E-state index contributed by atoms with van der Waals surface area (Å²) < 4.78 is 42.4. The fraction of sp³-hybridized carbons (Fsp3) is 0.250. The van der Waals surface area contributed by atoms with Crippen molar-refractivity contribution < 1.29 is 12.8 Å². The van der Waals surface area contributed by atoms with E-state index in [1.54, 1.807) is 24.4 Å². The second-order valence-electron chi connectivity index (χ2n) is 6.65. The fourth-order valence-corrected chi connectivity index (χ4v) is 4.01. The maximum Gasteiger partial charge on any atom is 0.261 e. The first kappa shape index (κ1) is 20.4. The summed E-state index contributed by atoms with van der Waals surface area (Å²) in [5.41, 5.74) is 2.12. The molecule has 0 aliphatic carbocycles. The molecule has 0 radical (unpaired) electrons. The Hall–Kier alpha value is -2.38. The third-order valence-corrected chi connectivity index (χ3v) is 6.35. The van der Waals surface area contributed by atoms with E-state index in [2.05, 4.69) is 23.7 Å². The predicted molar refractivity (Wildman–Crippen MR) is 109 cm³/mol. The minimum atomic E-state index is -3.71. The Morgan fingerprint density at radius 2 is 1.93 bits per heavy atom. The molecule has 3 rings (SSSR count). The molecule has 2 aromatic carbocycles. The standard InChI is InChI=1S/C20H21ClFN3O2S/c1-3-14(2)15-5-8-19(9-6-15)28(26,27)24-18-11-23-25(13-18)12-16-4-7-17(22)10-20(16)21/h4-11,13-14,24H,3,12H2,1-2H3/t14-/m1/s1. The third-order valence-electron chi connectivity index (χ3n) is 4.60. The summed E-state index contributed by atoms with van der Waals surface area (Å²) in [6.07, 6.45) is 3.97. The first-order chi connectivity index (χ1) is 13.3. The molecule has 3 aromatic rings. The van der Waals surface area contributed by atoms with Gasteiger partial charge in [0.15, 0.2) is 0 Å². The molecule has 8 heteroatoms. The summed E-state index contributed by atoms with van der Waals surface area (Å²) in [5, 5.41) is 4.43. The van der Waals surface area contributed by atoms with Crippen molar-refractivity contribution in [1.82, 2.24) is 9.78 Å². The molecule has 0 unspecified atom stereocenters. The van der Waals surface area contributed by atoms with Crippen LogP contribution in [0.3, 0.4) is 0 Å². The van der Waals surface area contributed by atoms with Crippen LogP contribution in [0.25, 0.3) is 0 Å². The van der Waals surface area contributed by atoms with Crippen molar-refractivity contribution in [3.05, 3.63) is 76.8 Å². The lowest BCUT2D eigenvalue weighted by molar-refractivity contribution is 0.601. The Bertz CT molecular complexity index is 1070. The van der Waals surface area contributed by atoms with Crippen LogP contribution in [0.5, 0.6) is 0 Å². The number of halogens is 2. The van der Waals surface area contributed by atoms with Crippen LogP contribution in [0.15, 0.2) is 59.8 Å². The van der Waals surface area contributed by atoms with Crippen molar-refractivity contribution in [2.24, 2.45) is 0 Å². The van der Waals surface area contributed by atoms with Gasteiger partial charge in [0.25, 0.3) is 10.0 Å². The summed E-state index contributed by atoms with van der Waals surface area (Å²) >= 11 is 6.03. The van der Waals surface area contributed by atoms with Crippen molar-refractivity contribution >= 4 is 27.3 Å². The maximum atomic E-state index is 13.1. The van der Waals surface area contributed by atoms with E-state index >= 15 is 0 Å². The molecule has 0 bridgehead atoms. The highest BCUT2D eigenvalue weighted by Crippen LogP contribution is 2.22. The van der Waals surface area contributed by atoms with E-state index in [0.717, 1.165) is 12.0 Å². The number of aromatic nitrogens is 2. The van der Waals surface area contributed by atoms with Gasteiger partial charge in [0.05, 0.1) is 23.3 Å². The highest BCUT2D eigenvalue weighted by Gasteiger charge is 2.16. The van der Waals surface area contributed by atoms with Crippen LogP contribution in [-0.2, 0) is 16.6 Å². The SMILES string of the molecule is CC[C@@H](C)c1ccc(S(=O)(=O)Nc2cnn(Cc3ccc(F)cc3Cl)c2)cc1. The van der Waals surface area contributed by atoms with Gasteiger partial charge in [-0.15, -0.1) is 0 Å². The number of nitrogens with zero attached hydrogens (tertiary/aromatic N) is 2. The van der Waals surface area contributed by atoms with Crippen LogP contribution in [0.1, 0.15) is 37.3 Å². The molecule has 5 nitrogen and oxygen atoms in total. The van der Waals surface area contributed by atoms with Crippen LogP contribution < -0.4 is 4.72 Å². The molecule has 0 saturated carbocycles. The number of sulfonamides is 1. The highest BCUT2D eigenvalue weighted by atomic mass is 35.5. The molecule has 1 N–H and O–H groups in total. The summed E-state index contributed by atoms with van der Waals surface area (Å²) in [6.45, 7) is 4.49. The van der Waals surface area contributed by atoms with Gasteiger partial charge in [-0.25, -0.2) is 12.8 Å². The van der Waals surface area contributed by atoms with Gasteiger partial charge in [-0.3, -0.25) is 9.40 Å². The number of anilines is 1. The van der Waals surface area contributed by atoms with Gasteiger partial charge in [-0.2, -0.15) is 5.10 Å². The molecule has 0 aliphatic heterocycles. The van der Waals surface area contributed by atoms with Crippen LogP contribution in [0.4, 0.5) is 10.1 Å². The summed E-state index contributed by atoms with van der Waals surface area (Å²) in [7, 11) is -3.71. The van der Waals surface area contributed by atoms with Crippen molar-refractivity contribution in [3.63, 3.8) is 0 Å². The largest absolute Gasteiger partial charge is 0.276 e. The Kier molecular flexibility index (Phi) is 6.05. The minimum absolute atomic E-state index is 0.189. The van der Waals surface area contributed by atoms with Gasteiger partial charge in [0, 0.05) is 11.2 Å². The molecular weight excluding hydrogens is 401 g/mol. The number of nitrogens with one attached hydrogen (secondary N) is 1. The molecule has 1 aromatic heterocycles. The second kappa shape index (κ2) is 8.32. The third kappa shape index (κ3) is 4.72. The molecular formula is C20H21ClFN3O2S. The fourth-order valence-electron chi connectivity index (χ4n) is 2.75. The van der Waals surface area contributed by atoms with Gasteiger partial charge in [0.2, 0.25) is 0 Å². The molecule has 0 spiro atoms. The minimum Gasteiger partial charge on any atom is -0.276 e. The van der Waals surface area contributed by atoms with Crippen LogP contribution in [0.2, 0.25) is 5.02 Å². The summed E-state index contributed by atoms with van der Waals surface area (Å²) in [6, 6.07) is 11.0. The van der Waals surface area contributed by atoms with Crippen molar-refractivity contribution in [3.8, 4) is 0 Å². The first-order valence-electron chi connectivity index (χ1n) is 8.87. The normalized spacial score (nSPS) is 12.7. The molecule has 0 aliphatic rings. The topological polar surface area (TPSA) is 64.0 Å². The number of hydrogen-bond donors (Lipinski definition) is 1. The van der Waals surface area contributed by atoms with Crippen molar-refractivity contribution in [1.29, 1.82) is 0 Å². The zero-order valence-electron chi connectivity index (χ0n) is 15.6. The summed E-state index contributed by atoms with van der Waals surface area (Å²) in [4.78, 5) is 0.189. The molecule has 1 heterocycles. The van der Waals surface area contributed by atoms with E-state index in [9.17, 15) is 12.8 Å². The highest BCUT2D eigenvalue weighted by molar-refractivity contribution is 7.92. The Balaban J connectivity index is 1.73. The van der Waals surface area contributed by atoms with Crippen LogP contribution in [0, 0.1) is 5.82 Å². The van der Waals surface area contributed by atoms with Gasteiger partial charge < -0.3 is 0 Å². The second-order valence-corrected chi connectivity index (χ2v) is 8.74. The smallest absolute Gasteiger partial charge is 0.261 e. The van der Waals surface area contributed by atoms with Gasteiger partial charge in [0.1, 0.15) is 5.82 Å². The van der Waals surface area contributed by atoms with Crippen molar-refractivity contribution in [2.75, 3.05) is 4.72 Å². The number of rotatable bonds is 7. The lowest BCUT2D eigenvalue weighted by Crippen LogP contribution is -2.12. The summed E-state index contributed by atoms with van der Waals surface area (Å²) in [5.74, 6) is -0.0387. The van der Waals surface area contributed by atoms with Crippen LogP contribution >= 0.6 is 11.6 Å². The number of hydrogen-bond acceptors (Lipinski definition) is 3. The molecule has 28 heavy (non-hydrogen) atoms. The van der Waals surface area contributed by atoms with E-state index in [-0.39, 0.29) is 4.90 Å². The van der Waals surface area contributed by atoms with E-state index in [0.29, 0.717) is 28.7 Å². The zero-order valence-corrected chi connectivity index (χ0v) is 17.1. The molecule has 148 valence electrons. The van der Waals surface area contributed by atoms with Gasteiger partial charge in [-0.1, -0.05) is 43.6 Å². The maximum absolute atomic E-state index is 13.1. The zero-order chi connectivity index (χ0) is 20.3.